The summed E-state index contributed by atoms with van der Waals surface area (Å²) < 4.78 is 0. The Morgan fingerprint density at radius 2 is 2.11 bits per heavy atom. The highest BCUT2D eigenvalue weighted by Crippen LogP contribution is 2.29. The Labute approximate surface area is 119 Å². The first kappa shape index (κ1) is 14.2. The first-order valence-corrected chi connectivity index (χ1v) is 7.14. The number of anilines is 1. The number of benzene rings is 1. The van der Waals surface area contributed by atoms with Crippen LogP contribution in [0.5, 0.6) is 0 Å². The van der Waals surface area contributed by atoms with Gasteiger partial charge in [0.25, 0.3) is 5.91 Å². The second-order valence-electron chi connectivity index (χ2n) is 5.55. The SMILES string of the molecule is CC1CCCC1Nc1ccc(Cl)c(C(=O)N(C)C)c1. The van der Waals surface area contributed by atoms with Gasteiger partial charge in [-0.25, -0.2) is 0 Å². The topological polar surface area (TPSA) is 32.3 Å². The Kier molecular flexibility index (Phi) is 4.35. The zero-order valence-electron chi connectivity index (χ0n) is 11.7. The van der Waals surface area contributed by atoms with Crippen molar-refractivity contribution in [1.82, 2.24) is 4.90 Å². The predicted octanol–water partition coefficient (Wildman–Crippen LogP) is 3.64. The fourth-order valence-corrected chi connectivity index (χ4v) is 2.79. The molecule has 2 rings (SSSR count). The summed E-state index contributed by atoms with van der Waals surface area (Å²) in [5, 5.41) is 4.03. The Morgan fingerprint density at radius 1 is 1.37 bits per heavy atom. The molecule has 104 valence electrons. The number of rotatable bonds is 3. The van der Waals surface area contributed by atoms with Gasteiger partial charge in [-0.3, -0.25) is 4.79 Å². The molecule has 1 aromatic rings. The third-order valence-electron chi connectivity index (χ3n) is 3.82. The van der Waals surface area contributed by atoms with Gasteiger partial charge in [0.05, 0.1) is 10.6 Å². The van der Waals surface area contributed by atoms with E-state index < -0.39 is 0 Å². The van der Waals surface area contributed by atoms with E-state index in [1.165, 1.54) is 19.3 Å². The van der Waals surface area contributed by atoms with Crippen molar-refractivity contribution in [3.05, 3.63) is 28.8 Å². The Morgan fingerprint density at radius 3 is 2.68 bits per heavy atom. The largest absolute Gasteiger partial charge is 0.382 e. The number of nitrogens with zero attached hydrogens (tertiary/aromatic N) is 1. The third kappa shape index (κ3) is 3.21. The molecule has 1 saturated carbocycles. The van der Waals surface area contributed by atoms with Crippen LogP contribution in [0.4, 0.5) is 5.69 Å². The zero-order valence-corrected chi connectivity index (χ0v) is 12.5. The summed E-state index contributed by atoms with van der Waals surface area (Å²) >= 11 is 6.11. The molecule has 2 atom stereocenters. The number of nitrogens with one attached hydrogen (secondary N) is 1. The van der Waals surface area contributed by atoms with Crippen molar-refractivity contribution in [1.29, 1.82) is 0 Å². The van der Waals surface area contributed by atoms with Gasteiger partial charge in [0.2, 0.25) is 0 Å². The van der Waals surface area contributed by atoms with E-state index in [2.05, 4.69) is 12.2 Å². The molecule has 0 radical (unpaired) electrons. The average molecular weight is 281 g/mol. The molecule has 0 aromatic heterocycles. The van der Waals surface area contributed by atoms with Crippen LogP contribution >= 0.6 is 11.6 Å². The van der Waals surface area contributed by atoms with Crippen LogP contribution in [0.15, 0.2) is 18.2 Å². The lowest BCUT2D eigenvalue weighted by atomic mass is 10.1. The average Bonchev–Trinajstić information content (AvgIpc) is 2.76. The van der Waals surface area contributed by atoms with E-state index in [1.807, 2.05) is 12.1 Å². The van der Waals surface area contributed by atoms with Crippen LogP contribution in [-0.4, -0.2) is 30.9 Å². The molecule has 1 aliphatic carbocycles. The highest BCUT2D eigenvalue weighted by atomic mass is 35.5. The molecule has 0 saturated heterocycles. The van der Waals surface area contributed by atoms with Gasteiger partial charge in [0, 0.05) is 25.8 Å². The Balaban J connectivity index is 2.18. The van der Waals surface area contributed by atoms with Gasteiger partial charge in [-0.2, -0.15) is 0 Å². The molecule has 0 heterocycles. The summed E-state index contributed by atoms with van der Waals surface area (Å²) in [5.41, 5.74) is 1.54. The summed E-state index contributed by atoms with van der Waals surface area (Å²) in [6.07, 6.45) is 3.74. The highest BCUT2D eigenvalue weighted by Gasteiger charge is 2.23. The maximum Gasteiger partial charge on any atom is 0.254 e. The number of hydrogen-bond acceptors (Lipinski definition) is 2. The second kappa shape index (κ2) is 5.83. The lowest BCUT2D eigenvalue weighted by Crippen LogP contribution is -2.24. The van der Waals surface area contributed by atoms with Gasteiger partial charge in [-0.05, 0) is 37.0 Å². The minimum atomic E-state index is -0.0619. The van der Waals surface area contributed by atoms with Crippen LogP contribution in [0.25, 0.3) is 0 Å². The maximum absolute atomic E-state index is 12.0. The van der Waals surface area contributed by atoms with Gasteiger partial charge in [0.15, 0.2) is 0 Å². The second-order valence-corrected chi connectivity index (χ2v) is 5.96. The van der Waals surface area contributed by atoms with E-state index in [4.69, 9.17) is 11.6 Å². The van der Waals surface area contributed by atoms with Crippen molar-refractivity contribution >= 4 is 23.2 Å². The van der Waals surface area contributed by atoms with E-state index >= 15 is 0 Å². The zero-order chi connectivity index (χ0) is 14.0. The van der Waals surface area contributed by atoms with Crippen LogP contribution in [0.3, 0.4) is 0 Å². The van der Waals surface area contributed by atoms with Crippen LogP contribution in [0.2, 0.25) is 5.02 Å². The van der Waals surface area contributed by atoms with Crippen molar-refractivity contribution in [2.45, 2.75) is 32.2 Å². The molecule has 1 aromatic carbocycles. The summed E-state index contributed by atoms with van der Waals surface area (Å²) in [6, 6.07) is 6.10. The van der Waals surface area contributed by atoms with Crippen LogP contribution in [0, 0.1) is 5.92 Å². The first-order chi connectivity index (χ1) is 8.99. The van der Waals surface area contributed by atoms with Gasteiger partial charge < -0.3 is 10.2 Å². The van der Waals surface area contributed by atoms with Crippen molar-refractivity contribution < 1.29 is 4.79 Å². The molecule has 0 spiro atoms. The molecule has 1 N–H and O–H groups in total. The molecule has 2 unspecified atom stereocenters. The minimum absolute atomic E-state index is 0.0619. The number of carbonyl (C=O) groups is 1. The standard InChI is InChI=1S/C15H21ClN2O/c1-10-5-4-6-14(10)17-11-7-8-13(16)12(9-11)15(19)18(2)3/h7-10,14,17H,4-6H2,1-3H3. The number of amides is 1. The molecule has 4 heteroatoms. The predicted molar refractivity (Wildman–Crippen MR) is 79.9 cm³/mol. The van der Waals surface area contributed by atoms with Crippen molar-refractivity contribution in [3.8, 4) is 0 Å². The maximum atomic E-state index is 12.0. The number of halogens is 1. The van der Waals surface area contributed by atoms with Crippen LogP contribution in [-0.2, 0) is 0 Å². The van der Waals surface area contributed by atoms with Gasteiger partial charge in [-0.1, -0.05) is 24.9 Å². The minimum Gasteiger partial charge on any atom is -0.382 e. The van der Waals surface area contributed by atoms with Crippen molar-refractivity contribution in [2.24, 2.45) is 5.92 Å². The normalized spacial score (nSPS) is 22.3. The lowest BCUT2D eigenvalue weighted by molar-refractivity contribution is 0.0828. The molecule has 3 nitrogen and oxygen atoms in total. The molecular formula is C15H21ClN2O. The summed E-state index contributed by atoms with van der Waals surface area (Å²) in [6.45, 7) is 2.27. The molecule has 0 aliphatic heterocycles. The number of carbonyl (C=O) groups excluding carboxylic acids is 1. The Bertz CT molecular complexity index is 473. The van der Waals surface area contributed by atoms with Gasteiger partial charge in [0.1, 0.15) is 0 Å². The van der Waals surface area contributed by atoms with Crippen LogP contribution < -0.4 is 5.32 Å². The monoisotopic (exact) mass is 280 g/mol. The van der Waals surface area contributed by atoms with Crippen molar-refractivity contribution in [2.75, 3.05) is 19.4 Å². The van der Waals surface area contributed by atoms with E-state index in [-0.39, 0.29) is 5.91 Å². The van der Waals surface area contributed by atoms with E-state index in [1.54, 1.807) is 25.1 Å². The first-order valence-electron chi connectivity index (χ1n) is 6.77. The van der Waals surface area contributed by atoms with Gasteiger partial charge >= 0.3 is 0 Å². The molecule has 1 amide bonds. The van der Waals surface area contributed by atoms with E-state index in [0.717, 1.165) is 5.69 Å². The van der Waals surface area contributed by atoms with E-state index in [0.29, 0.717) is 22.5 Å². The van der Waals surface area contributed by atoms with E-state index in [9.17, 15) is 4.79 Å². The van der Waals surface area contributed by atoms with Crippen LogP contribution in [0.1, 0.15) is 36.5 Å². The summed E-state index contributed by atoms with van der Waals surface area (Å²) in [7, 11) is 3.47. The summed E-state index contributed by atoms with van der Waals surface area (Å²) in [5.74, 6) is 0.622. The van der Waals surface area contributed by atoms with Gasteiger partial charge in [-0.15, -0.1) is 0 Å². The fourth-order valence-electron chi connectivity index (χ4n) is 2.59. The molecule has 1 fully saturated rings. The Hall–Kier alpha value is -1.22. The fraction of sp³-hybridized carbons (Fsp3) is 0.533. The molecule has 0 bridgehead atoms. The van der Waals surface area contributed by atoms with Crippen molar-refractivity contribution in [3.63, 3.8) is 0 Å². The molecular weight excluding hydrogens is 260 g/mol. The quantitative estimate of drug-likeness (QED) is 0.917. The highest BCUT2D eigenvalue weighted by molar-refractivity contribution is 6.34. The number of hydrogen-bond donors (Lipinski definition) is 1. The summed E-state index contributed by atoms with van der Waals surface area (Å²) in [4.78, 5) is 13.6. The lowest BCUT2D eigenvalue weighted by Gasteiger charge is -2.20. The third-order valence-corrected chi connectivity index (χ3v) is 4.15. The molecule has 1 aliphatic rings. The molecule has 19 heavy (non-hydrogen) atoms. The smallest absolute Gasteiger partial charge is 0.254 e.